The number of carbonyl (C=O) groups excluding carboxylic acids is 1. The highest BCUT2D eigenvalue weighted by atomic mass is 79.9. The van der Waals surface area contributed by atoms with E-state index in [1.165, 1.54) is 0 Å². The number of aromatic nitrogens is 2. The van der Waals surface area contributed by atoms with Crippen molar-refractivity contribution in [2.24, 2.45) is 7.05 Å². The van der Waals surface area contributed by atoms with Crippen molar-refractivity contribution >= 4 is 21.8 Å². The second kappa shape index (κ2) is 5.18. The number of hydrogen-bond donors (Lipinski definition) is 1. The van der Waals surface area contributed by atoms with Crippen LogP contribution in [0, 0.1) is 6.92 Å². The third-order valence-corrected chi connectivity index (χ3v) is 3.94. The van der Waals surface area contributed by atoms with Crippen molar-refractivity contribution in [3.05, 3.63) is 15.9 Å². The minimum absolute atomic E-state index is 0.155. The van der Waals surface area contributed by atoms with Crippen LogP contribution in [0.25, 0.3) is 0 Å². The standard InChI is InChI=1S/C11H16BrN3O2/c1-7-9(12)10(14-15(7)2)11(16)13-6-8-4-3-5-17-8/h8H,3-6H2,1-2H3,(H,13,16). The lowest BCUT2D eigenvalue weighted by Crippen LogP contribution is -2.32. The number of nitrogens with zero attached hydrogens (tertiary/aromatic N) is 2. The van der Waals surface area contributed by atoms with Gasteiger partial charge in [0, 0.05) is 20.2 Å². The van der Waals surface area contributed by atoms with Gasteiger partial charge in [-0.3, -0.25) is 9.48 Å². The van der Waals surface area contributed by atoms with Gasteiger partial charge in [-0.2, -0.15) is 5.10 Å². The topological polar surface area (TPSA) is 56.1 Å². The van der Waals surface area contributed by atoms with E-state index in [-0.39, 0.29) is 12.0 Å². The molecule has 0 saturated carbocycles. The van der Waals surface area contributed by atoms with Gasteiger partial charge >= 0.3 is 0 Å². The number of rotatable bonds is 3. The smallest absolute Gasteiger partial charge is 0.273 e. The Morgan fingerprint density at radius 2 is 2.47 bits per heavy atom. The second-order valence-corrected chi connectivity index (χ2v) is 5.01. The van der Waals surface area contributed by atoms with Crippen LogP contribution in [0.2, 0.25) is 0 Å². The zero-order valence-corrected chi connectivity index (χ0v) is 11.6. The van der Waals surface area contributed by atoms with Crippen molar-refractivity contribution in [1.29, 1.82) is 0 Å². The number of halogens is 1. The zero-order chi connectivity index (χ0) is 12.4. The number of aryl methyl sites for hydroxylation is 1. The molecule has 1 aliphatic rings. The maximum absolute atomic E-state index is 11.9. The van der Waals surface area contributed by atoms with Gasteiger partial charge in [-0.05, 0) is 35.7 Å². The lowest BCUT2D eigenvalue weighted by molar-refractivity contribution is 0.0852. The Morgan fingerprint density at radius 3 is 3.00 bits per heavy atom. The first-order valence-corrected chi connectivity index (χ1v) is 6.47. The summed E-state index contributed by atoms with van der Waals surface area (Å²) in [4.78, 5) is 11.9. The summed E-state index contributed by atoms with van der Waals surface area (Å²) in [5.74, 6) is -0.156. The Hall–Kier alpha value is -0.880. The molecule has 0 spiro atoms. The van der Waals surface area contributed by atoms with Gasteiger partial charge in [-0.1, -0.05) is 0 Å². The first-order valence-electron chi connectivity index (χ1n) is 5.68. The van der Waals surface area contributed by atoms with E-state index >= 15 is 0 Å². The molecule has 5 nitrogen and oxygen atoms in total. The average Bonchev–Trinajstić information content (AvgIpc) is 2.91. The summed E-state index contributed by atoms with van der Waals surface area (Å²) in [5.41, 5.74) is 1.37. The minimum atomic E-state index is -0.156. The Morgan fingerprint density at radius 1 is 1.71 bits per heavy atom. The summed E-state index contributed by atoms with van der Waals surface area (Å²) in [5, 5.41) is 7.02. The Balaban J connectivity index is 1.96. The number of carbonyl (C=O) groups is 1. The van der Waals surface area contributed by atoms with E-state index in [2.05, 4.69) is 26.3 Å². The van der Waals surface area contributed by atoms with Crippen molar-refractivity contribution in [1.82, 2.24) is 15.1 Å². The molecule has 2 rings (SSSR count). The molecule has 0 aliphatic carbocycles. The largest absolute Gasteiger partial charge is 0.376 e. The maximum atomic E-state index is 11.9. The van der Waals surface area contributed by atoms with Crippen LogP contribution in [0.5, 0.6) is 0 Å². The molecule has 1 amide bonds. The summed E-state index contributed by atoms with van der Waals surface area (Å²) in [6.07, 6.45) is 2.25. The molecule has 0 bridgehead atoms. The highest BCUT2D eigenvalue weighted by molar-refractivity contribution is 9.10. The van der Waals surface area contributed by atoms with E-state index in [0.29, 0.717) is 12.2 Å². The van der Waals surface area contributed by atoms with Gasteiger partial charge < -0.3 is 10.1 Å². The molecule has 1 aromatic heterocycles. The predicted molar refractivity (Wildman–Crippen MR) is 67.0 cm³/mol. The van der Waals surface area contributed by atoms with Gasteiger partial charge in [0.25, 0.3) is 5.91 Å². The van der Waals surface area contributed by atoms with Crippen LogP contribution in [-0.4, -0.2) is 34.9 Å². The molecule has 1 aliphatic heterocycles. The fourth-order valence-corrected chi connectivity index (χ4v) is 2.34. The Labute approximate surface area is 109 Å². The van der Waals surface area contributed by atoms with Crippen LogP contribution in [-0.2, 0) is 11.8 Å². The fraction of sp³-hybridized carbons (Fsp3) is 0.636. The Kier molecular flexibility index (Phi) is 3.83. The highest BCUT2D eigenvalue weighted by Crippen LogP contribution is 2.20. The second-order valence-electron chi connectivity index (χ2n) is 4.22. The van der Waals surface area contributed by atoms with Crippen molar-refractivity contribution in [2.75, 3.05) is 13.2 Å². The molecular weight excluding hydrogens is 286 g/mol. The van der Waals surface area contributed by atoms with Gasteiger partial charge in [-0.15, -0.1) is 0 Å². The normalized spacial score (nSPS) is 19.6. The molecule has 1 atom stereocenters. The maximum Gasteiger partial charge on any atom is 0.273 e. The first-order chi connectivity index (χ1) is 8.09. The molecule has 1 fully saturated rings. The van der Waals surface area contributed by atoms with E-state index in [0.717, 1.165) is 29.6 Å². The molecule has 1 N–H and O–H groups in total. The number of ether oxygens (including phenoxy) is 1. The first kappa shape index (κ1) is 12.6. The van der Waals surface area contributed by atoms with E-state index in [1.807, 2.05) is 14.0 Å². The monoisotopic (exact) mass is 301 g/mol. The van der Waals surface area contributed by atoms with Crippen LogP contribution in [0.15, 0.2) is 4.47 Å². The Bertz CT molecular complexity index is 425. The molecule has 1 saturated heterocycles. The highest BCUT2D eigenvalue weighted by Gasteiger charge is 2.20. The summed E-state index contributed by atoms with van der Waals surface area (Å²) < 4.78 is 7.89. The van der Waals surface area contributed by atoms with Crippen molar-refractivity contribution in [3.8, 4) is 0 Å². The number of amides is 1. The van der Waals surface area contributed by atoms with Crippen molar-refractivity contribution in [3.63, 3.8) is 0 Å². The van der Waals surface area contributed by atoms with Gasteiger partial charge in [0.2, 0.25) is 0 Å². The summed E-state index contributed by atoms with van der Waals surface area (Å²) in [7, 11) is 1.82. The molecule has 1 aromatic rings. The van der Waals surface area contributed by atoms with Gasteiger partial charge in [0.15, 0.2) is 5.69 Å². The van der Waals surface area contributed by atoms with Gasteiger partial charge in [0.05, 0.1) is 16.3 Å². The fourth-order valence-electron chi connectivity index (χ4n) is 1.82. The molecule has 0 aromatic carbocycles. The molecule has 6 heteroatoms. The van der Waals surface area contributed by atoms with Gasteiger partial charge in [0.1, 0.15) is 0 Å². The van der Waals surface area contributed by atoms with Crippen molar-refractivity contribution in [2.45, 2.75) is 25.9 Å². The van der Waals surface area contributed by atoms with Crippen LogP contribution in [0.1, 0.15) is 29.0 Å². The predicted octanol–water partition coefficient (Wildman–Crippen LogP) is 1.40. The molecule has 0 radical (unpaired) electrons. The van der Waals surface area contributed by atoms with Crippen LogP contribution < -0.4 is 5.32 Å². The summed E-state index contributed by atoms with van der Waals surface area (Å²) >= 11 is 3.38. The number of nitrogens with one attached hydrogen (secondary N) is 1. The molecule has 94 valence electrons. The van der Waals surface area contributed by atoms with E-state index in [1.54, 1.807) is 4.68 Å². The third kappa shape index (κ3) is 2.69. The van der Waals surface area contributed by atoms with Gasteiger partial charge in [-0.25, -0.2) is 0 Å². The minimum Gasteiger partial charge on any atom is -0.376 e. The van der Waals surface area contributed by atoms with Crippen LogP contribution in [0.4, 0.5) is 0 Å². The van der Waals surface area contributed by atoms with Crippen LogP contribution >= 0.6 is 15.9 Å². The average molecular weight is 302 g/mol. The zero-order valence-electron chi connectivity index (χ0n) is 9.99. The van der Waals surface area contributed by atoms with Crippen molar-refractivity contribution < 1.29 is 9.53 Å². The SMILES string of the molecule is Cc1c(Br)c(C(=O)NCC2CCCO2)nn1C. The third-order valence-electron chi connectivity index (χ3n) is 2.99. The molecular formula is C11H16BrN3O2. The lowest BCUT2D eigenvalue weighted by atomic mass is 10.2. The quantitative estimate of drug-likeness (QED) is 0.918. The van der Waals surface area contributed by atoms with E-state index in [9.17, 15) is 4.79 Å². The summed E-state index contributed by atoms with van der Waals surface area (Å²) in [6.45, 7) is 3.27. The number of hydrogen-bond acceptors (Lipinski definition) is 3. The molecule has 2 heterocycles. The lowest BCUT2D eigenvalue weighted by Gasteiger charge is -2.09. The van der Waals surface area contributed by atoms with E-state index in [4.69, 9.17) is 4.74 Å². The molecule has 1 unspecified atom stereocenters. The summed E-state index contributed by atoms with van der Waals surface area (Å²) in [6, 6.07) is 0. The molecule has 17 heavy (non-hydrogen) atoms. The van der Waals surface area contributed by atoms with Crippen LogP contribution in [0.3, 0.4) is 0 Å². The van der Waals surface area contributed by atoms with E-state index < -0.39 is 0 Å².